The van der Waals surface area contributed by atoms with Gasteiger partial charge in [-0.3, -0.25) is 0 Å². The minimum absolute atomic E-state index is 0.278. The fourth-order valence-electron chi connectivity index (χ4n) is 1.79. The molecular weight excluding hydrogens is 418 g/mol. The number of thiophene rings is 1. The number of esters is 1. The molecule has 6 heteroatoms. The minimum Gasteiger partial charge on any atom is -0.464 e. The monoisotopic (exact) mass is 431 g/mol. The van der Waals surface area contributed by atoms with E-state index >= 15 is 0 Å². The average Bonchev–Trinajstić information content (AvgIpc) is 2.78. The molecule has 0 radical (unpaired) electrons. The van der Waals surface area contributed by atoms with Crippen LogP contribution in [0.25, 0.3) is 0 Å². The quantitative estimate of drug-likeness (QED) is 0.651. The van der Waals surface area contributed by atoms with Gasteiger partial charge >= 0.3 is 5.97 Å². The predicted octanol–water partition coefficient (Wildman–Crippen LogP) is 5.30. The normalized spacial score (nSPS) is 12.0. The van der Waals surface area contributed by atoms with Crippen molar-refractivity contribution in [2.45, 2.75) is 19.9 Å². The van der Waals surface area contributed by atoms with Crippen molar-refractivity contribution in [3.05, 3.63) is 49.0 Å². The van der Waals surface area contributed by atoms with Crippen LogP contribution in [0.2, 0.25) is 0 Å². The number of nitrogens with one attached hydrogen (secondary N) is 1. The molecule has 0 fully saturated rings. The second-order valence-corrected chi connectivity index (χ2v) is 7.72. The molecule has 0 saturated carbocycles. The number of benzene rings is 1. The Morgan fingerprint density at radius 2 is 2.00 bits per heavy atom. The lowest BCUT2D eigenvalue weighted by atomic mass is 10.2. The Kier molecular flexibility index (Phi) is 5.84. The molecule has 1 aromatic heterocycles. The van der Waals surface area contributed by atoms with E-state index in [2.05, 4.69) is 37.2 Å². The first-order valence-corrected chi connectivity index (χ1v) is 8.86. The number of rotatable bonds is 5. The number of carbonyl (C=O) groups is 1. The number of carbonyl (C=O) groups excluding carboxylic acids is 1. The number of halogens is 2. The highest BCUT2D eigenvalue weighted by Gasteiger charge is 2.24. The summed E-state index contributed by atoms with van der Waals surface area (Å²) in [5, 5.41) is 3.24. The highest BCUT2D eigenvalue weighted by Crippen LogP contribution is 2.37. The third-order valence-electron chi connectivity index (χ3n) is 2.83. The fraction of sp³-hybridized carbons (Fsp3) is 0.267. The Balaban J connectivity index is 2.27. The molecule has 0 amide bonds. The van der Waals surface area contributed by atoms with Crippen molar-refractivity contribution in [3.8, 4) is 0 Å². The third-order valence-corrected chi connectivity index (χ3v) is 6.15. The molecule has 3 nitrogen and oxygen atoms in total. The summed E-state index contributed by atoms with van der Waals surface area (Å²) in [7, 11) is 0. The zero-order valence-electron chi connectivity index (χ0n) is 11.7. The molecule has 1 N–H and O–H groups in total. The SMILES string of the molecule is CCOC(=O)C(Nc1ccc(C)cc1)c1cc(Br)c(Br)s1. The lowest BCUT2D eigenvalue weighted by Gasteiger charge is -2.17. The Morgan fingerprint density at radius 3 is 2.52 bits per heavy atom. The Hall–Kier alpha value is -0.850. The largest absolute Gasteiger partial charge is 0.464 e. The molecule has 2 rings (SSSR count). The van der Waals surface area contributed by atoms with Crippen LogP contribution in [0.5, 0.6) is 0 Å². The van der Waals surface area contributed by atoms with Crippen LogP contribution >= 0.6 is 43.2 Å². The van der Waals surface area contributed by atoms with Crippen LogP contribution in [0.15, 0.2) is 38.6 Å². The molecule has 21 heavy (non-hydrogen) atoms. The zero-order chi connectivity index (χ0) is 15.4. The predicted molar refractivity (Wildman–Crippen MR) is 93.9 cm³/mol. The Morgan fingerprint density at radius 1 is 1.33 bits per heavy atom. The first-order valence-electron chi connectivity index (χ1n) is 6.45. The van der Waals surface area contributed by atoms with Crippen molar-refractivity contribution in [1.82, 2.24) is 0 Å². The molecule has 1 aromatic carbocycles. The van der Waals surface area contributed by atoms with Crippen LogP contribution in [0.4, 0.5) is 5.69 Å². The molecular formula is C15H15Br2NO2S. The minimum atomic E-state index is -0.514. The van der Waals surface area contributed by atoms with E-state index in [9.17, 15) is 4.79 Å². The van der Waals surface area contributed by atoms with Gasteiger partial charge in [0, 0.05) is 15.0 Å². The van der Waals surface area contributed by atoms with Gasteiger partial charge in [-0.05, 0) is 63.9 Å². The molecule has 2 aromatic rings. The first-order chi connectivity index (χ1) is 10.0. The van der Waals surface area contributed by atoms with Crippen molar-refractivity contribution in [2.24, 2.45) is 0 Å². The van der Waals surface area contributed by atoms with E-state index < -0.39 is 6.04 Å². The van der Waals surface area contributed by atoms with E-state index in [4.69, 9.17) is 4.74 Å². The van der Waals surface area contributed by atoms with Crippen LogP contribution in [0, 0.1) is 6.92 Å². The standard InChI is InChI=1S/C15H15Br2NO2S/c1-3-20-15(19)13(12-8-11(16)14(17)21-12)18-10-6-4-9(2)5-7-10/h4-8,13,18H,3H2,1-2H3. The summed E-state index contributed by atoms with van der Waals surface area (Å²) in [6.45, 7) is 4.19. The van der Waals surface area contributed by atoms with Crippen LogP contribution in [-0.2, 0) is 9.53 Å². The summed E-state index contributed by atoms with van der Waals surface area (Å²) in [5.74, 6) is -0.278. The second kappa shape index (κ2) is 7.42. The Bertz CT molecular complexity index is 606. The van der Waals surface area contributed by atoms with E-state index in [1.165, 1.54) is 16.9 Å². The summed E-state index contributed by atoms with van der Waals surface area (Å²) in [5.41, 5.74) is 2.06. The number of anilines is 1. The van der Waals surface area contributed by atoms with Crippen molar-refractivity contribution in [1.29, 1.82) is 0 Å². The molecule has 1 atom stereocenters. The second-order valence-electron chi connectivity index (χ2n) is 4.47. The molecule has 1 heterocycles. The molecule has 0 aliphatic rings. The molecule has 1 unspecified atom stereocenters. The molecule has 0 aliphatic carbocycles. The van der Waals surface area contributed by atoms with E-state index in [1.54, 1.807) is 6.92 Å². The van der Waals surface area contributed by atoms with Crippen molar-refractivity contribution < 1.29 is 9.53 Å². The van der Waals surface area contributed by atoms with Gasteiger partial charge in [0.1, 0.15) is 0 Å². The summed E-state index contributed by atoms with van der Waals surface area (Å²) < 4.78 is 7.07. The van der Waals surface area contributed by atoms with Gasteiger partial charge in [0.25, 0.3) is 0 Å². The third kappa shape index (κ3) is 4.31. The van der Waals surface area contributed by atoms with Crippen LogP contribution in [0.3, 0.4) is 0 Å². The molecule has 0 spiro atoms. The average molecular weight is 433 g/mol. The van der Waals surface area contributed by atoms with Gasteiger partial charge in [-0.25, -0.2) is 4.79 Å². The lowest BCUT2D eigenvalue weighted by molar-refractivity contribution is -0.144. The van der Waals surface area contributed by atoms with Gasteiger partial charge in [0.15, 0.2) is 6.04 Å². The maximum atomic E-state index is 12.2. The molecule has 0 aliphatic heterocycles. The maximum absolute atomic E-state index is 12.2. The smallest absolute Gasteiger partial charge is 0.334 e. The van der Waals surface area contributed by atoms with E-state index in [1.807, 2.05) is 37.3 Å². The molecule has 0 saturated heterocycles. The summed E-state index contributed by atoms with van der Waals surface area (Å²) >= 11 is 8.42. The van der Waals surface area contributed by atoms with Crippen LogP contribution < -0.4 is 5.32 Å². The van der Waals surface area contributed by atoms with E-state index in [-0.39, 0.29) is 5.97 Å². The van der Waals surface area contributed by atoms with Crippen LogP contribution in [-0.4, -0.2) is 12.6 Å². The highest BCUT2D eigenvalue weighted by atomic mass is 79.9. The van der Waals surface area contributed by atoms with Gasteiger partial charge in [-0.1, -0.05) is 17.7 Å². The zero-order valence-corrected chi connectivity index (χ0v) is 15.6. The van der Waals surface area contributed by atoms with Gasteiger partial charge in [0.2, 0.25) is 0 Å². The molecule has 112 valence electrons. The fourth-order valence-corrected chi connectivity index (χ4v) is 3.92. The Labute approximate surface area is 145 Å². The van der Waals surface area contributed by atoms with E-state index in [0.717, 1.165) is 18.8 Å². The number of hydrogen-bond donors (Lipinski definition) is 1. The summed E-state index contributed by atoms with van der Waals surface area (Å²) in [4.78, 5) is 13.1. The summed E-state index contributed by atoms with van der Waals surface area (Å²) in [6.07, 6.45) is 0. The van der Waals surface area contributed by atoms with Crippen molar-refractivity contribution in [2.75, 3.05) is 11.9 Å². The topological polar surface area (TPSA) is 38.3 Å². The van der Waals surface area contributed by atoms with E-state index in [0.29, 0.717) is 6.61 Å². The number of hydrogen-bond acceptors (Lipinski definition) is 4. The van der Waals surface area contributed by atoms with Gasteiger partial charge < -0.3 is 10.1 Å². The van der Waals surface area contributed by atoms with Gasteiger partial charge in [0.05, 0.1) is 10.4 Å². The first kappa shape index (κ1) is 16.5. The van der Waals surface area contributed by atoms with Gasteiger partial charge in [-0.2, -0.15) is 0 Å². The number of aryl methyl sites for hydroxylation is 1. The summed E-state index contributed by atoms with van der Waals surface area (Å²) in [6, 6.07) is 9.34. The van der Waals surface area contributed by atoms with Crippen LogP contribution in [0.1, 0.15) is 23.4 Å². The van der Waals surface area contributed by atoms with Crippen molar-refractivity contribution >= 4 is 54.9 Å². The van der Waals surface area contributed by atoms with Gasteiger partial charge in [-0.15, -0.1) is 11.3 Å². The van der Waals surface area contributed by atoms with Crippen molar-refractivity contribution in [3.63, 3.8) is 0 Å². The highest BCUT2D eigenvalue weighted by molar-refractivity contribution is 9.13. The number of ether oxygens (including phenoxy) is 1. The molecule has 0 bridgehead atoms. The lowest BCUT2D eigenvalue weighted by Crippen LogP contribution is -2.22. The maximum Gasteiger partial charge on any atom is 0.334 e.